The van der Waals surface area contributed by atoms with E-state index in [-0.39, 0.29) is 31.2 Å². The van der Waals surface area contributed by atoms with Crippen LogP contribution in [0.15, 0.2) is 12.1 Å². The average molecular weight is 234 g/mol. The molecule has 4 heteroatoms. The summed E-state index contributed by atoms with van der Waals surface area (Å²) in [5.74, 6) is 1.26. The van der Waals surface area contributed by atoms with Crippen LogP contribution in [0.5, 0.6) is 11.5 Å². The van der Waals surface area contributed by atoms with Gasteiger partial charge in [-0.1, -0.05) is 0 Å². The summed E-state index contributed by atoms with van der Waals surface area (Å²) in [6, 6.07) is 3.49. The fourth-order valence-corrected chi connectivity index (χ4v) is 1.77. The summed E-state index contributed by atoms with van der Waals surface area (Å²) < 4.78 is 10.5. The van der Waals surface area contributed by atoms with Gasteiger partial charge >= 0.3 is 0 Å². The van der Waals surface area contributed by atoms with Gasteiger partial charge in [-0.25, -0.2) is 0 Å². The number of rotatable bonds is 4. The predicted molar refractivity (Wildman–Crippen MR) is 61.5 cm³/mol. The lowest BCUT2D eigenvalue weighted by atomic mass is 10.00. The van der Waals surface area contributed by atoms with E-state index in [2.05, 4.69) is 0 Å². The summed E-state index contributed by atoms with van der Waals surface area (Å²) in [5.41, 5.74) is 1.46. The van der Waals surface area contributed by atoms with Crippen LogP contribution < -0.4 is 9.47 Å². The fraction of sp³-hybridized carbons (Fsp3) is 0.385. The number of ketones is 2. The molecule has 0 spiro atoms. The number of hydrogen-bond donors (Lipinski definition) is 0. The lowest BCUT2D eigenvalue weighted by Crippen LogP contribution is -2.04. The first-order valence-electron chi connectivity index (χ1n) is 5.51. The van der Waals surface area contributed by atoms with E-state index >= 15 is 0 Å². The Morgan fingerprint density at radius 3 is 2.47 bits per heavy atom. The molecular formula is C13H14O4. The van der Waals surface area contributed by atoms with Crippen molar-refractivity contribution >= 4 is 11.6 Å². The summed E-state index contributed by atoms with van der Waals surface area (Å²) in [7, 11) is 0. The summed E-state index contributed by atoms with van der Waals surface area (Å²) in [5, 5.41) is 0. The molecule has 1 aromatic rings. The molecule has 0 amide bonds. The molecule has 0 aromatic heterocycles. The first kappa shape index (κ1) is 11.6. The zero-order valence-electron chi connectivity index (χ0n) is 9.91. The molecule has 4 nitrogen and oxygen atoms in total. The Morgan fingerprint density at radius 2 is 1.82 bits per heavy atom. The quantitative estimate of drug-likeness (QED) is 0.750. The van der Waals surface area contributed by atoms with Crippen LogP contribution in [0.3, 0.4) is 0 Å². The highest BCUT2D eigenvalue weighted by molar-refractivity contribution is 5.99. The monoisotopic (exact) mass is 234 g/mol. The molecule has 0 unspecified atom stereocenters. The predicted octanol–water partition coefficient (Wildman–Crippen LogP) is 2.28. The zero-order valence-corrected chi connectivity index (χ0v) is 9.91. The molecule has 0 radical (unpaired) electrons. The number of carbonyl (C=O) groups is 2. The Balaban J connectivity index is 2.20. The minimum atomic E-state index is -0.0315. The molecule has 0 atom stereocenters. The van der Waals surface area contributed by atoms with Gasteiger partial charge in [0.25, 0.3) is 0 Å². The second kappa shape index (κ2) is 4.57. The molecule has 2 rings (SSSR count). The van der Waals surface area contributed by atoms with Crippen LogP contribution in [0.25, 0.3) is 0 Å². The number of Topliss-reactive ketones (excluding diaryl/α,β-unsaturated/α-hetero) is 2. The van der Waals surface area contributed by atoms with Gasteiger partial charge in [0.2, 0.25) is 6.79 Å². The Hall–Kier alpha value is -1.84. The van der Waals surface area contributed by atoms with Crippen LogP contribution in [0.4, 0.5) is 0 Å². The Morgan fingerprint density at radius 1 is 1.18 bits per heavy atom. The molecule has 0 fully saturated rings. The lowest BCUT2D eigenvalue weighted by Gasteiger charge is -2.06. The number of carbonyl (C=O) groups excluding carboxylic acids is 2. The number of fused-ring (bicyclic) bond motifs is 1. The number of ether oxygens (including phenoxy) is 2. The van der Waals surface area contributed by atoms with Crippen molar-refractivity contribution in [2.24, 2.45) is 0 Å². The molecule has 0 aliphatic carbocycles. The largest absolute Gasteiger partial charge is 0.454 e. The van der Waals surface area contributed by atoms with Gasteiger partial charge in [-0.05, 0) is 31.5 Å². The molecule has 0 saturated carbocycles. The minimum Gasteiger partial charge on any atom is -0.454 e. The van der Waals surface area contributed by atoms with Crippen LogP contribution in [0.2, 0.25) is 0 Å². The number of hydrogen-bond acceptors (Lipinski definition) is 4. The normalized spacial score (nSPS) is 12.6. The van der Waals surface area contributed by atoms with Crippen molar-refractivity contribution in [2.75, 3.05) is 6.79 Å². The third-order valence-corrected chi connectivity index (χ3v) is 2.72. The fourth-order valence-electron chi connectivity index (χ4n) is 1.77. The second-order valence-corrected chi connectivity index (χ2v) is 4.15. The first-order valence-corrected chi connectivity index (χ1v) is 5.51. The Labute approximate surface area is 99.5 Å². The van der Waals surface area contributed by atoms with Gasteiger partial charge in [-0.3, -0.25) is 4.79 Å². The van der Waals surface area contributed by atoms with E-state index in [1.807, 2.05) is 6.92 Å². The van der Waals surface area contributed by atoms with Crippen LogP contribution in [-0.2, 0) is 4.79 Å². The minimum absolute atomic E-state index is 0.0248. The van der Waals surface area contributed by atoms with Crippen molar-refractivity contribution in [1.29, 1.82) is 0 Å². The topological polar surface area (TPSA) is 52.6 Å². The van der Waals surface area contributed by atoms with Crippen molar-refractivity contribution in [3.05, 3.63) is 23.3 Å². The molecule has 0 N–H and O–H groups in total. The van der Waals surface area contributed by atoms with Crippen LogP contribution in [0, 0.1) is 6.92 Å². The Kier molecular flexibility index (Phi) is 3.13. The van der Waals surface area contributed by atoms with E-state index in [0.29, 0.717) is 17.1 Å². The van der Waals surface area contributed by atoms with Gasteiger partial charge in [-0.15, -0.1) is 0 Å². The maximum absolute atomic E-state index is 11.9. The average Bonchev–Trinajstić information content (AvgIpc) is 2.71. The number of benzene rings is 1. The zero-order chi connectivity index (χ0) is 12.4. The third-order valence-electron chi connectivity index (χ3n) is 2.72. The van der Waals surface area contributed by atoms with Crippen molar-refractivity contribution < 1.29 is 19.1 Å². The summed E-state index contributed by atoms with van der Waals surface area (Å²) in [6.07, 6.45) is 0.530. The van der Waals surface area contributed by atoms with Crippen molar-refractivity contribution in [1.82, 2.24) is 0 Å². The van der Waals surface area contributed by atoms with Gasteiger partial charge in [-0.2, -0.15) is 0 Å². The molecule has 17 heavy (non-hydrogen) atoms. The molecule has 0 bridgehead atoms. The van der Waals surface area contributed by atoms with Crippen molar-refractivity contribution in [3.8, 4) is 11.5 Å². The second-order valence-electron chi connectivity index (χ2n) is 4.15. The van der Waals surface area contributed by atoms with Crippen molar-refractivity contribution in [3.63, 3.8) is 0 Å². The van der Waals surface area contributed by atoms with E-state index < -0.39 is 0 Å². The molecule has 90 valence electrons. The van der Waals surface area contributed by atoms with Gasteiger partial charge in [0.1, 0.15) is 5.78 Å². The van der Waals surface area contributed by atoms with Gasteiger partial charge in [0.05, 0.1) is 0 Å². The summed E-state index contributed by atoms with van der Waals surface area (Å²) >= 11 is 0. The smallest absolute Gasteiger partial charge is 0.231 e. The molecule has 1 aromatic carbocycles. The highest BCUT2D eigenvalue weighted by Gasteiger charge is 2.19. The molecule has 0 saturated heterocycles. The maximum atomic E-state index is 11.9. The van der Waals surface area contributed by atoms with Crippen LogP contribution in [-0.4, -0.2) is 18.4 Å². The van der Waals surface area contributed by atoms with E-state index in [9.17, 15) is 9.59 Å². The van der Waals surface area contributed by atoms with Gasteiger partial charge < -0.3 is 14.3 Å². The lowest BCUT2D eigenvalue weighted by molar-refractivity contribution is -0.116. The van der Waals surface area contributed by atoms with Crippen LogP contribution >= 0.6 is 0 Å². The van der Waals surface area contributed by atoms with Gasteiger partial charge in [0.15, 0.2) is 17.3 Å². The highest BCUT2D eigenvalue weighted by Crippen LogP contribution is 2.34. The maximum Gasteiger partial charge on any atom is 0.231 e. The van der Waals surface area contributed by atoms with E-state index in [1.54, 1.807) is 12.1 Å². The molecule has 1 heterocycles. The van der Waals surface area contributed by atoms with Crippen LogP contribution in [0.1, 0.15) is 35.7 Å². The van der Waals surface area contributed by atoms with E-state index in [4.69, 9.17) is 9.47 Å². The number of aryl methyl sites for hydroxylation is 1. The first-order chi connectivity index (χ1) is 8.08. The Bertz CT molecular complexity index is 477. The summed E-state index contributed by atoms with van der Waals surface area (Å²) in [6.45, 7) is 3.53. The van der Waals surface area contributed by atoms with Gasteiger partial charge in [0, 0.05) is 18.4 Å². The van der Waals surface area contributed by atoms with Crippen molar-refractivity contribution in [2.45, 2.75) is 26.7 Å². The third kappa shape index (κ3) is 2.46. The molecule has 1 aliphatic heterocycles. The SMILES string of the molecule is CC(=O)CCC(=O)c1cc2c(cc1C)OCO2. The standard InChI is InChI=1S/C13H14O4/c1-8-5-12-13(17-7-16-12)6-10(8)11(15)4-3-9(2)14/h5-6H,3-4,7H2,1-2H3. The highest BCUT2D eigenvalue weighted by atomic mass is 16.7. The summed E-state index contributed by atoms with van der Waals surface area (Å²) in [4.78, 5) is 22.8. The van der Waals surface area contributed by atoms with E-state index in [0.717, 1.165) is 5.56 Å². The van der Waals surface area contributed by atoms with E-state index in [1.165, 1.54) is 6.92 Å². The molecule has 1 aliphatic rings. The molecular weight excluding hydrogens is 220 g/mol.